The van der Waals surface area contributed by atoms with Crippen LogP contribution in [0.4, 0.5) is 5.82 Å². The summed E-state index contributed by atoms with van der Waals surface area (Å²) in [5, 5.41) is 5.31. The van der Waals surface area contributed by atoms with E-state index in [4.69, 9.17) is 4.98 Å². The first-order valence-corrected chi connectivity index (χ1v) is 6.51. The molecule has 1 N–H and O–H groups in total. The molecule has 1 aliphatic carbocycles. The SMILES string of the molecule is CNCc1c(N(C)C2CC2)nc2sccn12. The molecule has 0 amide bonds. The minimum absolute atomic E-state index is 0.709. The van der Waals surface area contributed by atoms with Crippen molar-refractivity contribution in [3.05, 3.63) is 17.3 Å². The Balaban J connectivity index is 2.06. The van der Waals surface area contributed by atoms with E-state index in [9.17, 15) is 0 Å². The summed E-state index contributed by atoms with van der Waals surface area (Å²) >= 11 is 1.70. The van der Waals surface area contributed by atoms with E-state index in [0.29, 0.717) is 6.04 Å². The third kappa shape index (κ3) is 1.51. The molecule has 2 aromatic heterocycles. The molecule has 1 aliphatic rings. The van der Waals surface area contributed by atoms with Gasteiger partial charge in [-0.2, -0.15) is 0 Å². The summed E-state index contributed by atoms with van der Waals surface area (Å²) in [7, 11) is 4.13. The lowest BCUT2D eigenvalue weighted by Gasteiger charge is -2.17. The number of nitrogens with one attached hydrogen (secondary N) is 1. The van der Waals surface area contributed by atoms with Crippen LogP contribution in [0, 0.1) is 0 Å². The van der Waals surface area contributed by atoms with E-state index in [-0.39, 0.29) is 0 Å². The fourth-order valence-electron chi connectivity index (χ4n) is 2.07. The molecule has 0 aromatic carbocycles. The van der Waals surface area contributed by atoms with Gasteiger partial charge in [0.2, 0.25) is 0 Å². The number of hydrogen-bond donors (Lipinski definition) is 1. The van der Waals surface area contributed by atoms with Crippen molar-refractivity contribution >= 4 is 22.1 Å². The largest absolute Gasteiger partial charge is 0.355 e. The number of imidazole rings is 1. The molecule has 0 saturated heterocycles. The summed E-state index contributed by atoms with van der Waals surface area (Å²) in [5.74, 6) is 1.14. The number of thiazole rings is 1. The van der Waals surface area contributed by atoms with Gasteiger partial charge in [0.1, 0.15) is 0 Å². The molecule has 0 bridgehead atoms. The molecular weight excluding hydrogens is 220 g/mol. The van der Waals surface area contributed by atoms with Crippen LogP contribution in [0.2, 0.25) is 0 Å². The van der Waals surface area contributed by atoms with Crippen LogP contribution in [0.3, 0.4) is 0 Å². The highest BCUT2D eigenvalue weighted by atomic mass is 32.1. The highest BCUT2D eigenvalue weighted by Crippen LogP contribution is 2.32. The van der Waals surface area contributed by atoms with Crippen LogP contribution in [0.5, 0.6) is 0 Å². The monoisotopic (exact) mass is 236 g/mol. The maximum absolute atomic E-state index is 4.72. The molecule has 0 unspecified atom stereocenters. The van der Waals surface area contributed by atoms with Gasteiger partial charge in [0.25, 0.3) is 0 Å². The Hall–Kier alpha value is -1.07. The molecule has 3 rings (SSSR count). The lowest BCUT2D eigenvalue weighted by molar-refractivity contribution is 0.771. The lowest BCUT2D eigenvalue weighted by Crippen LogP contribution is -2.22. The topological polar surface area (TPSA) is 32.6 Å². The maximum atomic E-state index is 4.72. The number of anilines is 1. The molecule has 2 aromatic rings. The standard InChI is InChI=1S/C11H16N4S/c1-12-7-9-10(14(2)8-3-4-8)13-11-15(9)5-6-16-11/h5-6,8,12H,3-4,7H2,1-2H3. The van der Waals surface area contributed by atoms with E-state index >= 15 is 0 Å². The summed E-state index contributed by atoms with van der Waals surface area (Å²) in [6.07, 6.45) is 4.71. The third-order valence-corrected chi connectivity index (χ3v) is 3.87. The van der Waals surface area contributed by atoms with Crippen molar-refractivity contribution in [1.82, 2.24) is 14.7 Å². The molecule has 0 aliphatic heterocycles. The molecule has 4 nitrogen and oxygen atoms in total. The van der Waals surface area contributed by atoms with E-state index in [1.54, 1.807) is 11.3 Å². The van der Waals surface area contributed by atoms with Crippen LogP contribution in [-0.4, -0.2) is 29.5 Å². The van der Waals surface area contributed by atoms with Gasteiger partial charge < -0.3 is 10.2 Å². The lowest BCUT2D eigenvalue weighted by atomic mass is 10.4. The van der Waals surface area contributed by atoms with Crippen LogP contribution >= 0.6 is 11.3 Å². The molecule has 0 spiro atoms. The highest BCUT2D eigenvalue weighted by molar-refractivity contribution is 7.15. The second-order valence-corrected chi connectivity index (χ2v) is 5.18. The van der Waals surface area contributed by atoms with Gasteiger partial charge in [-0.15, -0.1) is 11.3 Å². The van der Waals surface area contributed by atoms with E-state index in [2.05, 4.69) is 33.2 Å². The molecular formula is C11H16N4S. The predicted octanol–water partition coefficient (Wildman–Crippen LogP) is 1.71. The van der Waals surface area contributed by atoms with Gasteiger partial charge in [0.15, 0.2) is 10.8 Å². The molecule has 0 radical (unpaired) electrons. The summed E-state index contributed by atoms with van der Waals surface area (Å²) < 4.78 is 2.19. The smallest absolute Gasteiger partial charge is 0.195 e. The van der Waals surface area contributed by atoms with Gasteiger partial charge >= 0.3 is 0 Å². The van der Waals surface area contributed by atoms with Crippen LogP contribution < -0.4 is 10.2 Å². The zero-order valence-corrected chi connectivity index (χ0v) is 10.4. The number of nitrogens with zero attached hydrogens (tertiary/aromatic N) is 3. The normalized spacial score (nSPS) is 15.9. The zero-order valence-electron chi connectivity index (χ0n) is 9.60. The van der Waals surface area contributed by atoms with Gasteiger partial charge in [-0.25, -0.2) is 4.98 Å². The third-order valence-electron chi connectivity index (χ3n) is 3.11. The van der Waals surface area contributed by atoms with Gasteiger partial charge in [-0.1, -0.05) is 0 Å². The average molecular weight is 236 g/mol. The second kappa shape index (κ2) is 3.75. The predicted molar refractivity (Wildman–Crippen MR) is 67.3 cm³/mol. The fraction of sp³-hybridized carbons (Fsp3) is 0.545. The van der Waals surface area contributed by atoms with Crippen molar-refractivity contribution in [2.24, 2.45) is 0 Å². The fourth-order valence-corrected chi connectivity index (χ4v) is 2.80. The van der Waals surface area contributed by atoms with Gasteiger partial charge in [0, 0.05) is 31.2 Å². The van der Waals surface area contributed by atoms with Crippen LogP contribution in [0.25, 0.3) is 4.96 Å². The van der Waals surface area contributed by atoms with Crippen molar-refractivity contribution in [3.63, 3.8) is 0 Å². The van der Waals surface area contributed by atoms with Gasteiger partial charge in [0.05, 0.1) is 5.69 Å². The van der Waals surface area contributed by atoms with Crippen molar-refractivity contribution in [2.75, 3.05) is 19.0 Å². The minimum atomic E-state index is 0.709. The Morgan fingerprint density at radius 1 is 1.62 bits per heavy atom. The molecule has 2 heterocycles. The van der Waals surface area contributed by atoms with Crippen molar-refractivity contribution in [3.8, 4) is 0 Å². The van der Waals surface area contributed by atoms with E-state index in [1.807, 2.05) is 7.05 Å². The Morgan fingerprint density at radius 2 is 2.44 bits per heavy atom. The number of aromatic nitrogens is 2. The molecule has 1 fully saturated rings. The van der Waals surface area contributed by atoms with E-state index in [0.717, 1.165) is 17.3 Å². The second-order valence-electron chi connectivity index (χ2n) is 4.31. The zero-order chi connectivity index (χ0) is 11.1. The molecule has 1 saturated carbocycles. The first kappa shape index (κ1) is 10.1. The van der Waals surface area contributed by atoms with E-state index < -0.39 is 0 Å². The van der Waals surface area contributed by atoms with Gasteiger partial charge in [-0.05, 0) is 19.9 Å². The summed E-state index contributed by atoms with van der Waals surface area (Å²) in [4.78, 5) is 8.14. The molecule has 16 heavy (non-hydrogen) atoms. The quantitative estimate of drug-likeness (QED) is 0.877. The Kier molecular flexibility index (Phi) is 2.37. The van der Waals surface area contributed by atoms with E-state index in [1.165, 1.54) is 18.5 Å². The van der Waals surface area contributed by atoms with Gasteiger partial charge in [-0.3, -0.25) is 4.40 Å². The first-order valence-electron chi connectivity index (χ1n) is 5.63. The summed E-state index contributed by atoms with van der Waals surface area (Å²) in [5.41, 5.74) is 1.27. The summed E-state index contributed by atoms with van der Waals surface area (Å²) in [6.45, 7) is 0.865. The maximum Gasteiger partial charge on any atom is 0.195 e. The van der Waals surface area contributed by atoms with Crippen molar-refractivity contribution in [1.29, 1.82) is 0 Å². The number of rotatable bonds is 4. The van der Waals surface area contributed by atoms with Crippen LogP contribution in [-0.2, 0) is 6.54 Å². The Bertz CT molecular complexity index is 497. The summed E-state index contributed by atoms with van der Waals surface area (Å²) in [6, 6.07) is 0.709. The first-order chi connectivity index (χ1) is 7.81. The molecule has 0 atom stereocenters. The van der Waals surface area contributed by atoms with Crippen molar-refractivity contribution < 1.29 is 0 Å². The minimum Gasteiger partial charge on any atom is -0.355 e. The van der Waals surface area contributed by atoms with Crippen molar-refractivity contribution in [2.45, 2.75) is 25.4 Å². The molecule has 5 heteroatoms. The molecule has 86 valence electrons. The average Bonchev–Trinajstić information content (AvgIpc) is 2.93. The van der Waals surface area contributed by atoms with Crippen LogP contribution in [0.15, 0.2) is 11.6 Å². The number of fused-ring (bicyclic) bond motifs is 1. The van der Waals surface area contributed by atoms with Crippen LogP contribution in [0.1, 0.15) is 18.5 Å². The Labute approximate surface area is 98.9 Å². The Morgan fingerprint density at radius 3 is 3.12 bits per heavy atom. The number of hydrogen-bond acceptors (Lipinski definition) is 4. The highest BCUT2D eigenvalue weighted by Gasteiger charge is 2.29.